The Morgan fingerprint density at radius 2 is 1.22 bits per heavy atom. The van der Waals surface area contributed by atoms with Gasteiger partial charge >= 0.3 is 0 Å². The van der Waals surface area contributed by atoms with Crippen LogP contribution in [0.1, 0.15) is 45.1 Å². The van der Waals surface area contributed by atoms with Gasteiger partial charge in [-0.25, -0.2) is 0 Å². The van der Waals surface area contributed by atoms with Crippen LogP contribution in [-0.4, -0.2) is 12.6 Å². The molecular formula is C47H39NO. The first-order chi connectivity index (χ1) is 24.0. The first-order valence-electron chi connectivity index (χ1n) is 17.8. The van der Waals surface area contributed by atoms with Gasteiger partial charge in [-0.2, -0.15) is 0 Å². The summed E-state index contributed by atoms with van der Waals surface area (Å²) in [6, 6.07) is 50.0. The fourth-order valence-corrected chi connectivity index (χ4v) is 9.80. The van der Waals surface area contributed by atoms with Gasteiger partial charge in [0.2, 0.25) is 0 Å². The molecule has 1 fully saturated rings. The van der Waals surface area contributed by atoms with Gasteiger partial charge < -0.3 is 9.64 Å². The van der Waals surface area contributed by atoms with Crippen LogP contribution in [0.2, 0.25) is 0 Å². The summed E-state index contributed by atoms with van der Waals surface area (Å²) in [5.74, 6) is 0.904. The zero-order valence-corrected chi connectivity index (χ0v) is 28.4. The number of rotatable bonds is 4. The van der Waals surface area contributed by atoms with Crippen LogP contribution in [0.4, 0.5) is 11.4 Å². The summed E-state index contributed by atoms with van der Waals surface area (Å²) in [4.78, 5) is 2.63. The summed E-state index contributed by atoms with van der Waals surface area (Å²) >= 11 is 0. The lowest BCUT2D eigenvalue weighted by Gasteiger charge is -2.50. The van der Waals surface area contributed by atoms with Crippen LogP contribution in [0.5, 0.6) is 5.75 Å². The van der Waals surface area contributed by atoms with Crippen LogP contribution in [-0.2, 0) is 5.41 Å². The Labute approximate surface area is 287 Å². The summed E-state index contributed by atoms with van der Waals surface area (Å²) < 4.78 is 5.69. The molecule has 0 N–H and O–H groups in total. The van der Waals surface area contributed by atoms with Crippen LogP contribution in [0.3, 0.4) is 0 Å². The van der Waals surface area contributed by atoms with E-state index in [1.165, 1.54) is 108 Å². The highest BCUT2D eigenvalue weighted by Crippen LogP contribution is 2.61. The van der Waals surface area contributed by atoms with Crippen LogP contribution >= 0.6 is 0 Å². The van der Waals surface area contributed by atoms with Crippen molar-refractivity contribution in [1.29, 1.82) is 0 Å². The van der Waals surface area contributed by atoms with Crippen LogP contribution in [0.25, 0.3) is 65.3 Å². The van der Waals surface area contributed by atoms with E-state index in [-0.39, 0.29) is 11.0 Å². The Morgan fingerprint density at radius 1 is 0.551 bits per heavy atom. The van der Waals surface area contributed by atoms with E-state index >= 15 is 0 Å². The number of ether oxygens (including phenoxy) is 1. The van der Waals surface area contributed by atoms with E-state index in [0.29, 0.717) is 0 Å². The highest BCUT2D eigenvalue weighted by atomic mass is 16.5. The molecule has 1 saturated carbocycles. The van der Waals surface area contributed by atoms with Crippen molar-refractivity contribution in [2.24, 2.45) is 0 Å². The van der Waals surface area contributed by atoms with Gasteiger partial charge in [0.25, 0.3) is 0 Å². The molecule has 10 rings (SSSR count). The molecule has 8 aromatic carbocycles. The summed E-state index contributed by atoms with van der Waals surface area (Å²) in [6.07, 6.45) is 4.88. The third-order valence-corrected chi connectivity index (χ3v) is 12.5. The molecule has 0 radical (unpaired) electrons. The SMILES string of the molecule is COc1cccc(N2c3ccc(-c4ccc5ccc6c(-c7cccc8ccccc78)ccc7ccc4c5c76)cc3C3(C)CCCCC23C)c1. The van der Waals surface area contributed by atoms with E-state index in [1.54, 1.807) is 7.11 Å². The minimum atomic E-state index is -0.0146. The third-order valence-electron chi connectivity index (χ3n) is 12.5. The molecule has 1 aliphatic carbocycles. The molecule has 2 aliphatic rings. The number of nitrogens with zero attached hydrogens (tertiary/aromatic N) is 1. The van der Waals surface area contributed by atoms with Crippen LogP contribution < -0.4 is 9.64 Å². The lowest BCUT2D eigenvalue weighted by atomic mass is 9.61. The average molecular weight is 634 g/mol. The quantitative estimate of drug-likeness (QED) is 0.179. The summed E-state index contributed by atoms with van der Waals surface area (Å²) in [6.45, 7) is 5.02. The Hall–Kier alpha value is -5.34. The van der Waals surface area contributed by atoms with E-state index in [9.17, 15) is 0 Å². The van der Waals surface area contributed by atoms with Crippen molar-refractivity contribution in [1.82, 2.24) is 0 Å². The maximum atomic E-state index is 5.69. The molecule has 0 saturated heterocycles. The summed E-state index contributed by atoms with van der Waals surface area (Å²) in [7, 11) is 1.76. The zero-order valence-electron chi connectivity index (χ0n) is 28.4. The van der Waals surface area contributed by atoms with E-state index in [2.05, 4.69) is 146 Å². The van der Waals surface area contributed by atoms with Crippen LogP contribution in [0, 0.1) is 0 Å². The van der Waals surface area contributed by atoms with Crippen molar-refractivity contribution in [3.8, 4) is 28.0 Å². The maximum Gasteiger partial charge on any atom is 0.120 e. The van der Waals surface area contributed by atoms with Gasteiger partial charge in [0, 0.05) is 22.9 Å². The normalized spacial score (nSPS) is 20.3. The first kappa shape index (κ1) is 28.7. The van der Waals surface area contributed by atoms with Gasteiger partial charge in [0.1, 0.15) is 5.75 Å². The Kier molecular flexibility index (Phi) is 6.04. The smallest absolute Gasteiger partial charge is 0.120 e. The minimum absolute atomic E-state index is 0.0146. The number of fused-ring (bicyclic) bond motifs is 4. The van der Waals surface area contributed by atoms with E-state index in [4.69, 9.17) is 4.74 Å². The van der Waals surface area contributed by atoms with E-state index in [1.807, 2.05) is 6.07 Å². The molecule has 0 bridgehead atoms. The van der Waals surface area contributed by atoms with E-state index in [0.717, 1.165) is 5.75 Å². The number of anilines is 2. The van der Waals surface area contributed by atoms with Crippen molar-refractivity contribution < 1.29 is 4.74 Å². The third kappa shape index (κ3) is 3.89. The molecule has 0 amide bonds. The molecule has 0 aromatic heterocycles. The molecule has 2 unspecified atom stereocenters. The number of hydrogen-bond acceptors (Lipinski definition) is 2. The van der Waals surface area contributed by atoms with Gasteiger partial charge in [-0.1, -0.05) is 123 Å². The summed E-state index contributed by atoms with van der Waals surface area (Å²) in [5.41, 5.74) is 9.24. The van der Waals surface area contributed by atoms with Crippen molar-refractivity contribution in [2.75, 3.05) is 12.0 Å². The molecule has 238 valence electrons. The Balaban J connectivity index is 1.18. The second-order valence-electron chi connectivity index (χ2n) is 14.8. The van der Waals surface area contributed by atoms with Gasteiger partial charge in [-0.05, 0) is 115 Å². The largest absolute Gasteiger partial charge is 0.497 e. The Bertz CT molecular complexity index is 2590. The first-order valence-corrected chi connectivity index (χ1v) is 17.8. The van der Waals surface area contributed by atoms with Crippen molar-refractivity contribution in [3.05, 3.63) is 139 Å². The standard InChI is InChI=1S/C47H39NO/c1-46-26-6-7-27-47(46,2)48(34-12-9-13-35(29-34)49-3)43-25-20-33(28-42(43)46)37-21-16-31-19-24-41-39(22-17-32-18-23-40(37)44(31)45(32)41)38-15-8-11-30-10-4-5-14-36(30)38/h4-5,8-25,28-29H,6-7,26-27H2,1-3H3. The number of benzene rings is 8. The fourth-order valence-electron chi connectivity index (χ4n) is 9.80. The van der Waals surface area contributed by atoms with Crippen molar-refractivity contribution in [2.45, 2.75) is 50.5 Å². The molecular weight excluding hydrogens is 595 g/mol. The summed E-state index contributed by atoms with van der Waals surface area (Å²) in [5, 5.41) is 10.5. The van der Waals surface area contributed by atoms with Crippen LogP contribution in [0.15, 0.2) is 133 Å². The zero-order chi connectivity index (χ0) is 32.9. The fraction of sp³-hybridized carbons (Fsp3) is 0.191. The molecule has 1 heterocycles. The monoisotopic (exact) mass is 633 g/mol. The molecule has 49 heavy (non-hydrogen) atoms. The van der Waals surface area contributed by atoms with Gasteiger partial charge in [0.15, 0.2) is 0 Å². The molecule has 2 atom stereocenters. The van der Waals surface area contributed by atoms with Gasteiger partial charge in [-0.15, -0.1) is 0 Å². The van der Waals surface area contributed by atoms with Crippen molar-refractivity contribution in [3.63, 3.8) is 0 Å². The highest BCUT2D eigenvalue weighted by Gasteiger charge is 2.57. The molecule has 2 heteroatoms. The van der Waals surface area contributed by atoms with E-state index < -0.39 is 0 Å². The number of methoxy groups -OCH3 is 1. The van der Waals surface area contributed by atoms with Crippen molar-refractivity contribution >= 4 is 54.5 Å². The number of hydrogen-bond donors (Lipinski definition) is 0. The molecule has 2 nitrogen and oxygen atoms in total. The second kappa shape index (κ2) is 10.3. The Morgan fingerprint density at radius 3 is 2.04 bits per heavy atom. The maximum absolute atomic E-state index is 5.69. The van der Waals surface area contributed by atoms with Gasteiger partial charge in [-0.3, -0.25) is 0 Å². The second-order valence-corrected chi connectivity index (χ2v) is 14.8. The predicted molar refractivity (Wildman–Crippen MR) is 208 cm³/mol. The lowest BCUT2D eigenvalue weighted by molar-refractivity contribution is 0.195. The highest BCUT2D eigenvalue weighted by molar-refractivity contribution is 6.28. The molecule has 8 aromatic rings. The molecule has 1 aliphatic heterocycles. The average Bonchev–Trinajstić information content (AvgIpc) is 3.36. The lowest BCUT2D eigenvalue weighted by Crippen LogP contribution is -2.54. The van der Waals surface area contributed by atoms with Gasteiger partial charge in [0.05, 0.1) is 12.6 Å². The predicted octanol–water partition coefficient (Wildman–Crippen LogP) is 12.8. The minimum Gasteiger partial charge on any atom is -0.497 e. The molecule has 0 spiro atoms. The topological polar surface area (TPSA) is 12.5 Å².